The van der Waals surface area contributed by atoms with Crippen LogP contribution in [0.3, 0.4) is 0 Å². The topological polar surface area (TPSA) is 112 Å². The zero-order valence-corrected chi connectivity index (χ0v) is 5.26. The maximum absolute atomic E-state index is 8.34. The van der Waals surface area contributed by atoms with Gasteiger partial charge in [-0.2, -0.15) is 0 Å². The Morgan fingerprint density at radius 2 is 0.833 bits per heavy atom. The molecule has 6 N–H and O–H groups in total. The van der Waals surface area contributed by atoms with Gasteiger partial charge in [-0.25, -0.2) is 0 Å². The van der Waals surface area contributed by atoms with Crippen molar-refractivity contribution < 1.29 is 19.4 Å². The van der Waals surface area contributed by atoms with Crippen molar-refractivity contribution in [1.29, 1.82) is 0 Å². The predicted octanol–water partition coefficient (Wildman–Crippen LogP) is -3.89. The fourth-order valence-corrected chi connectivity index (χ4v) is 0. The summed E-state index contributed by atoms with van der Waals surface area (Å²) in [5.74, 6) is 0. The predicted molar refractivity (Wildman–Crippen MR) is 25.8 cm³/mol. The molecule has 0 heterocycles. The van der Waals surface area contributed by atoms with E-state index in [2.05, 4.69) is 0 Å². The van der Waals surface area contributed by atoms with Crippen molar-refractivity contribution in [3.05, 3.63) is 0 Å². The summed E-state index contributed by atoms with van der Waals surface area (Å²) < 4.78 is 8.34. The van der Waals surface area contributed by atoms with Gasteiger partial charge in [-0.3, -0.25) is 0 Å². The molecule has 0 aliphatic carbocycles. The Morgan fingerprint density at radius 1 is 0.833 bits per heavy atom. The van der Waals surface area contributed by atoms with Crippen molar-refractivity contribution in [2.45, 2.75) is 0 Å². The number of hydrogen-bond donors (Lipinski definition) is 0. The molecule has 0 saturated heterocycles. The molecule has 4 nitrogen and oxygen atoms in total. The van der Waals surface area contributed by atoms with E-state index in [1.807, 2.05) is 0 Å². The van der Waals surface area contributed by atoms with E-state index in [1.54, 1.807) is 0 Å². The van der Waals surface area contributed by atoms with Crippen molar-refractivity contribution in [2.24, 2.45) is 0 Å². The minimum atomic E-state index is 0. The van der Waals surface area contributed by atoms with Gasteiger partial charge in [0.2, 0.25) is 0 Å². The monoisotopic (exact) mass is 232 g/mol. The Labute approximate surface area is 91.9 Å². The van der Waals surface area contributed by atoms with E-state index in [4.69, 9.17) is 3.02 Å². The zero-order valence-electron chi connectivity index (χ0n) is 2.41. The normalized spacial score (nSPS) is 0.667. The molecule has 38 valence electrons. The summed E-state index contributed by atoms with van der Waals surface area (Å²) in [6.45, 7) is 0. The molecule has 0 aromatic carbocycles. The van der Waals surface area contributed by atoms with Crippen LogP contribution in [0.15, 0.2) is 0 Å². The molecule has 0 rings (SSSR count). The second kappa shape index (κ2) is 58.9. The molecule has 0 bridgehead atoms. The van der Waals surface area contributed by atoms with Crippen molar-refractivity contribution in [3.63, 3.8) is 0 Å². The van der Waals surface area contributed by atoms with Crippen LogP contribution in [0.5, 0.6) is 0 Å². The fraction of sp³-hybridized carbons (Fsp3) is 0. The molecule has 6 heteroatoms. The van der Waals surface area contributed by atoms with Gasteiger partial charge in [0.25, 0.3) is 0 Å². The van der Waals surface area contributed by atoms with Gasteiger partial charge < -0.3 is 16.4 Å². The van der Waals surface area contributed by atoms with Crippen LogP contribution in [-0.2, 0) is 3.02 Å². The van der Waals surface area contributed by atoms with E-state index in [-0.39, 0.29) is 67.8 Å². The van der Waals surface area contributed by atoms with E-state index >= 15 is 0 Å². The van der Waals surface area contributed by atoms with Gasteiger partial charge in [-0.05, 0) is 0 Å². The Hall–Kier alpha value is 2.13. The molecular weight excluding hydrogens is 225 g/mol. The van der Waals surface area contributed by atoms with Gasteiger partial charge in [0.15, 0.2) is 0 Å². The molecule has 0 atom stereocenters. The molecule has 0 aliphatic rings. The average Bonchev–Trinajstić information content (AvgIpc) is 1.00. The molecule has 0 amide bonds. The first-order valence-electron chi connectivity index (χ1n) is 0.204. The van der Waals surface area contributed by atoms with Crippen molar-refractivity contribution in [3.8, 4) is 0 Å². The summed E-state index contributed by atoms with van der Waals surface area (Å²) in [4.78, 5) is 0. The van der Waals surface area contributed by atoms with Crippen LogP contribution in [0.2, 0.25) is 0 Å². The standard InChI is InChI=1S/K.3H2O.O.Sb.2H/h;3*1H2;;;;. The van der Waals surface area contributed by atoms with Crippen LogP contribution in [0.25, 0.3) is 0 Å². The summed E-state index contributed by atoms with van der Waals surface area (Å²) in [6, 6.07) is 0. The number of hydrogen-bond acceptors (Lipinski definition) is 1. The van der Waals surface area contributed by atoms with Gasteiger partial charge in [0.1, 0.15) is 0 Å². The van der Waals surface area contributed by atoms with E-state index < -0.39 is 0 Å². The van der Waals surface area contributed by atoms with Gasteiger partial charge in [-0.1, -0.05) is 0 Å². The zero-order chi connectivity index (χ0) is 2.00. The second-order valence-electron chi connectivity index (χ2n) is 0. The Kier molecular flexibility index (Phi) is 414. The molecule has 0 aromatic rings. The average molecular weight is 233 g/mol. The molecule has 0 saturated carbocycles. The van der Waals surface area contributed by atoms with Crippen LogP contribution < -0.4 is 0 Å². The van der Waals surface area contributed by atoms with Gasteiger partial charge in [0.05, 0.1) is 0 Å². The Balaban J connectivity index is -0.000000000833. The summed E-state index contributed by atoms with van der Waals surface area (Å²) in [7, 11) is 0. The van der Waals surface area contributed by atoms with E-state index in [1.165, 1.54) is 0 Å². The van der Waals surface area contributed by atoms with Gasteiger partial charge in [-0.15, -0.1) is 0 Å². The van der Waals surface area contributed by atoms with Crippen LogP contribution in [0.1, 0.15) is 0 Å². The molecule has 0 aliphatic heterocycles. The van der Waals surface area contributed by atoms with Gasteiger partial charge in [0, 0.05) is 0 Å². The van der Waals surface area contributed by atoms with Crippen LogP contribution in [0, 0.1) is 0 Å². The van der Waals surface area contributed by atoms with Crippen molar-refractivity contribution in [2.75, 3.05) is 0 Å². The molecule has 0 radical (unpaired) electrons. The Bertz CT molecular complexity index is 7.51. The van der Waals surface area contributed by atoms with Crippen LogP contribution in [0.4, 0.5) is 0 Å². The third-order valence-electron chi connectivity index (χ3n) is 0. The third kappa shape index (κ3) is 35.5. The quantitative estimate of drug-likeness (QED) is 0.391. The first-order chi connectivity index (χ1) is 1.00. The first-order valence-corrected chi connectivity index (χ1v) is 1.37. The summed E-state index contributed by atoms with van der Waals surface area (Å²) in [5, 5.41) is 0. The Morgan fingerprint density at radius 3 is 0.833 bits per heavy atom. The first kappa shape index (κ1) is 42.1. The third-order valence-corrected chi connectivity index (χ3v) is 0. The molecule has 0 fully saturated rings. The molecule has 0 aromatic heterocycles. The maximum atomic E-state index is 8.34. The van der Waals surface area contributed by atoms with Crippen molar-refractivity contribution in [1.82, 2.24) is 0 Å². The fourth-order valence-electron chi connectivity index (χ4n) is 0. The second-order valence-corrected chi connectivity index (χ2v) is 0. The van der Waals surface area contributed by atoms with Crippen LogP contribution >= 0.6 is 0 Å². The number of rotatable bonds is 0. The molecular formula is H8KO4Sb. The van der Waals surface area contributed by atoms with E-state index in [9.17, 15) is 0 Å². The summed E-state index contributed by atoms with van der Waals surface area (Å²) in [5.41, 5.74) is 0. The minimum absolute atomic E-state index is 0. The molecule has 0 spiro atoms. The SMILES string of the molecule is O.O.O.[KH].[O]=[SbH]. The summed E-state index contributed by atoms with van der Waals surface area (Å²) >= 11 is 0.300. The molecule has 6 heavy (non-hydrogen) atoms. The van der Waals surface area contributed by atoms with Crippen molar-refractivity contribution >= 4 is 74.4 Å². The van der Waals surface area contributed by atoms with Gasteiger partial charge >= 0.3 is 77.4 Å². The van der Waals surface area contributed by atoms with Crippen LogP contribution in [-0.4, -0.2) is 90.8 Å². The van der Waals surface area contributed by atoms with E-state index in [0.29, 0.717) is 23.0 Å². The summed E-state index contributed by atoms with van der Waals surface area (Å²) in [6.07, 6.45) is 0. The molecule has 0 unspecified atom stereocenters. The van der Waals surface area contributed by atoms with E-state index in [0.717, 1.165) is 0 Å².